The number of fused-ring (bicyclic) bond motifs is 2. The average molecular weight is 280 g/mol. The second-order valence-electron chi connectivity index (χ2n) is 4.25. The fraction of sp³-hybridized carbons (Fsp3) is 0.273. The zero-order valence-electron chi connectivity index (χ0n) is 9.35. The molecule has 0 amide bonds. The van der Waals surface area contributed by atoms with E-state index in [0.29, 0.717) is 5.15 Å². The van der Waals surface area contributed by atoms with Crippen molar-refractivity contribution in [3.05, 3.63) is 40.1 Å². The Kier molecular flexibility index (Phi) is 2.23. The third-order valence-electron chi connectivity index (χ3n) is 3.28. The number of H-pyrrole nitrogens is 1. The summed E-state index contributed by atoms with van der Waals surface area (Å²) in [6.45, 7) is 0.910. The Morgan fingerprint density at radius 1 is 1.50 bits per heavy atom. The molecule has 0 saturated heterocycles. The van der Waals surface area contributed by atoms with Crippen molar-refractivity contribution in [2.24, 2.45) is 0 Å². The topological polar surface area (TPSA) is 58.0 Å². The summed E-state index contributed by atoms with van der Waals surface area (Å²) in [6.07, 6.45) is 4.70. The molecule has 0 aromatic carbocycles. The molecule has 92 valence electrons. The van der Waals surface area contributed by atoms with Gasteiger partial charge in [0.2, 0.25) is 0 Å². The fourth-order valence-corrected chi connectivity index (χ4v) is 3.53. The minimum Gasteiger partial charge on any atom is -0.348 e. The number of rotatable bonds is 1. The van der Waals surface area contributed by atoms with Gasteiger partial charge in [-0.15, -0.1) is 11.3 Å². The Labute approximate surface area is 112 Å². The van der Waals surface area contributed by atoms with Crippen LogP contribution in [0, 0.1) is 0 Å². The van der Waals surface area contributed by atoms with Crippen LogP contribution < -0.4 is 5.32 Å². The lowest BCUT2D eigenvalue weighted by atomic mass is 10.0. The highest BCUT2D eigenvalue weighted by atomic mass is 35.5. The summed E-state index contributed by atoms with van der Waals surface area (Å²) in [7, 11) is 0. The van der Waals surface area contributed by atoms with E-state index in [1.807, 2.05) is 16.0 Å². The average Bonchev–Trinajstić information content (AvgIpc) is 3.02. The van der Waals surface area contributed by atoms with Crippen LogP contribution in [-0.2, 0) is 6.42 Å². The molecule has 4 heterocycles. The monoisotopic (exact) mass is 279 g/mol. The van der Waals surface area contributed by atoms with Crippen LogP contribution in [0.3, 0.4) is 0 Å². The van der Waals surface area contributed by atoms with Gasteiger partial charge in [-0.25, -0.2) is 9.97 Å². The first-order chi connectivity index (χ1) is 8.84. The predicted molar refractivity (Wildman–Crippen MR) is 70.2 cm³/mol. The van der Waals surface area contributed by atoms with Crippen LogP contribution in [0.4, 0.5) is 0 Å². The molecule has 7 heteroatoms. The third-order valence-corrected chi connectivity index (χ3v) is 4.31. The van der Waals surface area contributed by atoms with E-state index >= 15 is 0 Å². The molecule has 0 radical (unpaired) electrons. The first-order valence-electron chi connectivity index (χ1n) is 5.71. The van der Waals surface area contributed by atoms with Crippen LogP contribution in [0.25, 0.3) is 4.96 Å². The van der Waals surface area contributed by atoms with E-state index in [2.05, 4.69) is 20.3 Å². The Morgan fingerprint density at radius 2 is 2.44 bits per heavy atom. The summed E-state index contributed by atoms with van der Waals surface area (Å²) < 4.78 is 2.04. The number of aromatic amines is 1. The normalized spacial score (nSPS) is 19.3. The van der Waals surface area contributed by atoms with Crippen LogP contribution in [0.5, 0.6) is 0 Å². The van der Waals surface area contributed by atoms with Gasteiger partial charge in [-0.1, -0.05) is 11.6 Å². The van der Waals surface area contributed by atoms with Crippen molar-refractivity contribution >= 4 is 27.9 Å². The maximum absolute atomic E-state index is 6.27. The lowest BCUT2D eigenvalue weighted by Crippen LogP contribution is -2.31. The number of imidazole rings is 2. The summed E-state index contributed by atoms with van der Waals surface area (Å²) in [4.78, 5) is 12.9. The minimum atomic E-state index is 0.0112. The largest absolute Gasteiger partial charge is 0.348 e. The zero-order valence-corrected chi connectivity index (χ0v) is 10.9. The van der Waals surface area contributed by atoms with Gasteiger partial charge in [0.15, 0.2) is 10.1 Å². The second kappa shape index (κ2) is 3.81. The van der Waals surface area contributed by atoms with E-state index in [1.54, 1.807) is 17.7 Å². The Bertz CT molecular complexity index is 712. The maximum Gasteiger partial charge on any atom is 0.195 e. The van der Waals surface area contributed by atoms with Crippen molar-refractivity contribution in [2.45, 2.75) is 12.5 Å². The SMILES string of the molecule is Clc1nc2sccn2c1[C@@H]1NCCc2[nH]cnc21. The van der Waals surface area contributed by atoms with Crippen molar-refractivity contribution in [3.8, 4) is 0 Å². The molecule has 3 aromatic rings. The van der Waals surface area contributed by atoms with Gasteiger partial charge in [0.25, 0.3) is 0 Å². The summed E-state index contributed by atoms with van der Waals surface area (Å²) in [6, 6.07) is 0.0112. The molecular formula is C11H10ClN5S. The number of hydrogen-bond acceptors (Lipinski definition) is 4. The second-order valence-corrected chi connectivity index (χ2v) is 5.48. The summed E-state index contributed by atoms with van der Waals surface area (Å²) >= 11 is 7.85. The molecule has 18 heavy (non-hydrogen) atoms. The number of thiazole rings is 1. The van der Waals surface area contributed by atoms with Crippen LogP contribution in [0.15, 0.2) is 17.9 Å². The molecule has 0 saturated carbocycles. The molecule has 0 fully saturated rings. The van der Waals surface area contributed by atoms with E-state index in [0.717, 1.165) is 29.3 Å². The third kappa shape index (κ3) is 1.36. The standard InChI is InChI=1S/C11H10ClN5S/c12-10-9(17-3-4-18-11(17)16-10)8-7-6(1-2-13-8)14-5-15-7/h3-5,8,13H,1-2H2,(H,14,15)/t8-/m1/s1. The Hall–Kier alpha value is -1.37. The minimum absolute atomic E-state index is 0.0112. The lowest BCUT2D eigenvalue weighted by Gasteiger charge is -2.22. The first kappa shape index (κ1) is 10.5. The predicted octanol–water partition coefficient (Wildman–Crippen LogP) is 2.01. The number of hydrogen-bond donors (Lipinski definition) is 2. The van der Waals surface area contributed by atoms with Crippen LogP contribution in [-0.4, -0.2) is 25.9 Å². The molecule has 0 spiro atoms. The van der Waals surface area contributed by atoms with E-state index < -0.39 is 0 Å². The quantitative estimate of drug-likeness (QED) is 0.716. The van der Waals surface area contributed by atoms with E-state index in [9.17, 15) is 0 Å². The maximum atomic E-state index is 6.27. The van der Waals surface area contributed by atoms with Gasteiger partial charge in [-0.2, -0.15) is 0 Å². The van der Waals surface area contributed by atoms with E-state index in [1.165, 1.54) is 5.69 Å². The van der Waals surface area contributed by atoms with Crippen molar-refractivity contribution in [1.29, 1.82) is 0 Å². The number of nitrogens with one attached hydrogen (secondary N) is 2. The first-order valence-corrected chi connectivity index (χ1v) is 6.97. The highest BCUT2D eigenvalue weighted by Gasteiger charge is 2.29. The van der Waals surface area contributed by atoms with Gasteiger partial charge < -0.3 is 10.3 Å². The van der Waals surface area contributed by atoms with E-state index in [-0.39, 0.29) is 6.04 Å². The van der Waals surface area contributed by atoms with Crippen molar-refractivity contribution in [1.82, 2.24) is 24.7 Å². The molecule has 1 aliphatic rings. The van der Waals surface area contributed by atoms with Crippen molar-refractivity contribution < 1.29 is 0 Å². The summed E-state index contributed by atoms with van der Waals surface area (Å²) in [5, 5.41) is 6.02. The Balaban J connectivity index is 1.94. The van der Waals surface area contributed by atoms with Gasteiger partial charge in [0, 0.05) is 30.2 Å². The lowest BCUT2D eigenvalue weighted by molar-refractivity contribution is 0.541. The molecule has 2 N–H and O–H groups in total. The molecular weight excluding hydrogens is 270 g/mol. The smallest absolute Gasteiger partial charge is 0.195 e. The molecule has 1 aliphatic heterocycles. The van der Waals surface area contributed by atoms with Crippen LogP contribution in [0.2, 0.25) is 5.15 Å². The van der Waals surface area contributed by atoms with Gasteiger partial charge in [-0.3, -0.25) is 4.40 Å². The molecule has 0 aliphatic carbocycles. The number of halogens is 1. The van der Waals surface area contributed by atoms with Crippen molar-refractivity contribution in [3.63, 3.8) is 0 Å². The number of aromatic nitrogens is 4. The number of nitrogens with zero attached hydrogens (tertiary/aromatic N) is 3. The van der Waals surface area contributed by atoms with Gasteiger partial charge in [0.1, 0.15) is 0 Å². The van der Waals surface area contributed by atoms with Gasteiger partial charge in [-0.05, 0) is 0 Å². The van der Waals surface area contributed by atoms with E-state index in [4.69, 9.17) is 11.6 Å². The summed E-state index contributed by atoms with van der Waals surface area (Å²) in [5.41, 5.74) is 3.18. The van der Waals surface area contributed by atoms with Gasteiger partial charge in [0.05, 0.1) is 23.8 Å². The molecule has 0 unspecified atom stereocenters. The molecule has 1 atom stereocenters. The van der Waals surface area contributed by atoms with Crippen LogP contribution in [0.1, 0.15) is 23.1 Å². The molecule has 3 aromatic heterocycles. The highest BCUT2D eigenvalue weighted by molar-refractivity contribution is 7.15. The highest BCUT2D eigenvalue weighted by Crippen LogP contribution is 2.32. The Morgan fingerprint density at radius 3 is 3.39 bits per heavy atom. The molecule has 4 rings (SSSR count). The molecule has 0 bridgehead atoms. The summed E-state index contributed by atoms with van der Waals surface area (Å²) in [5.74, 6) is 0. The van der Waals surface area contributed by atoms with Crippen LogP contribution >= 0.6 is 22.9 Å². The van der Waals surface area contributed by atoms with Gasteiger partial charge >= 0.3 is 0 Å². The zero-order chi connectivity index (χ0) is 12.1. The molecule has 5 nitrogen and oxygen atoms in total. The fourth-order valence-electron chi connectivity index (χ4n) is 2.48. The van der Waals surface area contributed by atoms with Crippen molar-refractivity contribution in [2.75, 3.05) is 6.54 Å².